The maximum absolute atomic E-state index is 13.2. The Morgan fingerprint density at radius 3 is 2.68 bits per heavy atom. The van der Waals surface area contributed by atoms with Crippen molar-refractivity contribution in [3.63, 3.8) is 0 Å². The van der Waals surface area contributed by atoms with Crippen LogP contribution in [0.5, 0.6) is 11.6 Å². The Kier molecular flexibility index (Phi) is 7.91. The third kappa shape index (κ3) is 5.21. The van der Waals surface area contributed by atoms with E-state index in [2.05, 4.69) is 42.0 Å². The second-order valence-electron chi connectivity index (χ2n) is 8.76. The summed E-state index contributed by atoms with van der Waals surface area (Å²) in [5, 5.41) is 4.58. The maximum atomic E-state index is 13.2. The fourth-order valence-corrected chi connectivity index (χ4v) is 4.40. The van der Waals surface area contributed by atoms with Crippen molar-refractivity contribution in [1.82, 2.24) is 24.6 Å². The van der Waals surface area contributed by atoms with Gasteiger partial charge in [0.05, 0.1) is 56.1 Å². The molecule has 194 valence electrons. The van der Waals surface area contributed by atoms with E-state index in [0.29, 0.717) is 36.0 Å². The number of fused-ring (bicyclic) bond motifs is 1. The zero-order chi connectivity index (χ0) is 26.5. The van der Waals surface area contributed by atoms with Gasteiger partial charge < -0.3 is 14.4 Å². The number of carbonyl (C=O) groups excluding carboxylic acids is 1. The van der Waals surface area contributed by atoms with Crippen molar-refractivity contribution in [3.8, 4) is 22.9 Å². The molecule has 0 N–H and O–H groups in total. The predicted octanol–water partition coefficient (Wildman–Crippen LogP) is 5.06. The van der Waals surface area contributed by atoms with E-state index in [1.165, 1.54) is 11.3 Å². The summed E-state index contributed by atoms with van der Waals surface area (Å²) in [4.78, 5) is 26.3. The van der Waals surface area contributed by atoms with Gasteiger partial charge in [-0.2, -0.15) is 5.10 Å². The highest BCUT2D eigenvalue weighted by Gasteiger charge is 2.31. The van der Waals surface area contributed by atoms with Gasteiger partial charge in [-0.05, 0) is 51.6 Å². The molecule has 3 aromatic rings. The first-order valence-corrected chi connectivity index (χ1v) is 12.4. The topological polar surface area (TPSA) is 85.6 Å². The lowest BCUT2D eigenvalue weighted by Gasteiger charge is -2.24. The summed E-state index contributed by atoms with van der Waals surface area (Å²) in [6, 6.07) is 5.48. The summed E-state index contributed by atoms with van der Waals surface area (Å²) in [7, 11) is 3.11. The third-order valence-electron chi connectivity index (χ3n) is 6.57. The molecule has 0 unspecified atom stereocenters. The van der Waals surface area contributed by atoms with E-state index in [-0.39, 0.29) is 5.91 Å². The fraction of sp³-hybridized carbons (Fsp3) is 0.357. The molecule has 0 fully saturated rings. The van der Waals surface area contributed by atoms with E-state index in [0.717, 1.165) is 29.9 Å². The van der Waals surface area contributed by atoms with Crippen LogP contribution in [0.1, 0.15) is 50.2 Å². The minimum absolute atomic E-state index is 0.0800. The molecule has 9 heteroatoms. The van der Waals surface area contributed by atoms with E-state index >= 15 is 0 Å². The first kappa shape index (κ1) is 25.9. The largest absolute Gasteiger partial charge is 0.491 e. The highest BCUT2D eigenvalue weighted by Crippen LogP contribution is 2.32. The van der Waals surface area contributed by atoms with Gasteiger partial charge in [0.2, 0.25) is 0 Å². The van der Waals surface area contributed by atoms with Crippen molar-refractivity contribution >= 4 is 11.6 Å². The number of aromatic nitrogens is 4. The summed E-state index contributed by atoms with van der Waals surface area (Å²) in [5.41, 5.74) is 6.08. The van der Waals surface area contributed by atoms with Gasteiger partial charge in [0.1, 0.15) is 0 Å². The number of anilines is 1. The highest BCUT2D eigenvalue weighted by atomic mass is 16.5. The van der Waals surface area contributed by atoms with Crippen molar-refractivity contribution in [2.75, 3.05) is 25.7 Å². The summed E-state index contributed by atoms with van der Waals surface area (Å²) < 4.78 is 12.5. The molecule has 0 saturated heterocycles. The van der Waals surface area contributed by atoms with E-state index in [1.807, 2.05) is 42.1 Å². The summed E-state index contributed by atoms with van der Waals surface area (Å²) in [5.74, 6) is 0.851. The zero-order valence-corrected chi connectivity index (χ0v) is 22.4. The van der Waals surface area contributed by atoms with Gasteiger partial charge >= 0.3 is 0 Å². The van der Waals surface area contributed by atoms with E-state index < -0.39 is 0 Å². The fourth-order valence-electron chi connectivity index (χ4n) is 4.40. The monoisotopic (exact) mass is 502 g/mol. The van der Waals surface area contributed by atoms with Crippen LogP contribution in [0.25, 0.3) is 11.3 Å². The number of amides is 1. The van der Waals surface area contributed by atoms with Crippen molar-refractivity contribution in [1.29, 1.82) is 0 Å². The number of hydrogen-bond acceptors (Lipinski definition) is 7. The second kappa shape index (κ2) is 11.3. The van der Waals surface area contributed by atoms with Crippen LogP contribution in [0.15, 0.2) is 60.3 Å². The number of rotatable bonds is 10. The average Bonchev–Trinajstić information content (AvgIpc) is 3.53. The number of allylic oxidation sites excluding steroid dienone is 3. The standard InChI is InChI=1S/C28H34N6O3/c1-7-12-32(9-3)25(19(4)8-2)18-33-16-21(15-30-33)34-17-24-22(28(34)35)10-11-23(31-24)20-13-26(36-5)27(37-6)29-14-20/h7,10-16H,8-9,17-18H2,1-6H3/b12-7-,25-19+. The first-order valence-electron chi connectivity index (χ1n) is 12.4. The molecule has 4 heterocycles. The molecule has 1 aliphatic heterocycles. The van der Waals surface area contributed by atoms with Gasteiger partial charge in [-0.3, -0.25) is 19.4 Å². The van der Waals surface area contributed by atoms with Crippen molar-refractivity contribution in [2.24, 2.45) is 0 Å². The van der Waals surface area contributed by atoms with Crippen LogP contribution in [-0.4, -0.2) is 51.3 Å². The van der Waals surface area contributed by atoms with Crippen LogP contribution in [0, 0.1) is 0 Å². The molecule has 1 amide bonds. The zero-order valence-electron chi connectivity index (χ0n) is 22.4. The van der Waals surface area contributed by atoms with Crippen molar-refractivity contribution < 1.29 is 14.3 Å². The molecule has 4 rings (SSSR count). The molecule has 0 aliphatic carbocycles. The molecule has 0 atom stereocenters. The van der Waals surface area contributed by atoms with Crippen LogP contribution in [0.4, 0.5) is 5.69 Å². The van der Waals surface area contributed by atoms with Crippen LogP contribution >= 0.6 is 0 Å². The predicted molar refractivity (Wildman–Crippen MR) is 143 cm³/mol. The van der Waals surface area contributed by atoms with Crippen molar-refractivity contribution in [2.45, 2.75) is 47.2 Å². The van der Waals surface area contributed by atoms with Crippen LogP contribution in [0.2, 0.25) is 0 Å². The van der Waals surface area contributed by atoms with Gasteiger partial charge in [0.25, 0.3) is 11.8 Å². The average molecular weight is 503 g/mol. The molecule has 0 saturated carbocycles. The molecule has 0 spiro atoms. The van der Waals surface area contributed by atoms with Crippen LogP contribution < -0.4 is 14.4 Å². The SMILES string of the molecule is C/C=C\N(CC)/C(Cn1cc(N2Cc3nc(-c4cnc(OC)c(OC)c4)ccc3C2=O)cn1)=C(\C)CC. The quantitative estimate of drug-likeness (QED) is 0.383. The minimum atomic E-state index is -0.0800. The lowest BCUT2D eigenvalue weighted by molar-refractivity contribution is 0.0996. The Labute approximate surface area is 218 Å². The molecule has 0 aromatic carbocycles. The van der Waals surface area contributed by atoms with E-state index in [9.17, 15) is 4.79 Å². The molecule has 0 bridgehead atoms. The summed E-state index contributed by atoms with van der Waals surface area (Å²) in [6.45, 7) is 10.3. The highest BCUT2D eigenvalue weighted by molar-refractivity contribution is 6.09. The Balaban J connectivity index is 1.57. The van der Waals surface area contributed by atoms with Crippen molar-refractivity contribution in [3.05, 3.63) is 71.6 Å². The Morgan fingerprint density at radius 1 is 1.19 bits per heavy atom. The summed E-state index contributed by atoms with van der Waals surface area (Å²) in [6.07, 6.45) is 10.5. The van der Waals surface area contributed by atoms with Gasteiger partial charge in [0, 0.05) is 30.2 Å². The van der Waals surface area contributed by atoms with Gasteiger partial charge in [-0.1, -0.05) is 18.6 Å². The number of pyridine rings is 2. The maximum Gasteiger partial charge on any atom is 0.260 e. The number of likely N-dealkylation sites (N-methyl/N-ethyl adjacent to an activating group) is 1. The third-order valence-corrected chi connectivity index (χ3v) is 6.57. The molecule has 37 heavy (non-hydrogen) atoms. The molecule has 9 nitrogen and oxygen atoms in total. The Hall–Kier alpha value is -4.14. The van der Waals surface area contributed by atoms with Crippen LogP contribution in [-0.2, 0) is 13.1 Å². The number of nitrogens with zero attached hydrogens (tertiary/aromatic N) is 6. The number of hydrogen-bond donors (Lipinski definition) is 0. The van der Waals surface area contributed by atoms with Gasteiger partial charge in [0.15, 0.2) is 5.75 Å². The first-order chi connectivity index (χ1) is 17.9. The number of methoxy groups -OCH3 is 2. The van der Waals surface area contributed by atoms with Crippen LogP contribution in [0.3, 0.4) is 0 Å². The minimum Gasteiger partial charge on any atom is -0.491 e. The number of carbonyl (C=O) groups is 1. The summed E-state index contributed by atoms with van der Waals surface area (Å²) >= 11 is 0. The smallest absolute Gasteiger partial charge is 0.260 e. The number of ether oxygens (including phenoxy) is 2. The Bertz CT molecular complexity index is 1340. The normalized spacial score (nSPS) is 13.7. The second-order valence-corrected chi connectivity index (χ2v) is 8.76. The molecule has 3 aromatic heterocycles. The van der Waals surface area contributed by atoms with Gasteiger partial charge in [-0.15, -0.1) is 0 Å². The lowest BCUT2D eigenvalue weighted by atomic mass is 10.1. The van der Waals surface area contributed by atoms with Gasteiger partial charge in [-0.25, -0.2) is 4.98 Å². The van der Waals surface area contributed by atoms with E-state index in [1.54, 1.807) is 31.5 Å². The molecular weight excluding hydrogens is 468 g/mol. The Morgan fingerprint density at radius 2 is 2.00 bits per heavy atom. The lowest BCUT2D eigenvalue weighted by Crippen LogP contribution is -2.23. The molecule has 1 aliphatic rings. The molecule has 0 radical (unpaired) electrons. The van der Waals surface area contributed by atoms with E-state index in [4.69, 9.17) is 14.5 Å². The molecular formula is C28H34N6O3.